The second kappa shape index (κ2) is 11.7. The number of carbonyl (C=O) groups excluding carboxylic acids is 2. The standard InChI is InChI=1S/C24H35NO3/c1-19(2)21-14-11-20(12-15-21)13-16-23(26)25(18-17-24(27)28-3)22-9-7-5-4-6-8-10-22/h11-16,19,22H,4-10,17-18H2,1-3H3/b16-13+. The van der Waals surface area contributed by atoms with Gasteiger partial charge in [0.2, 0.25) is 5.91 Å². The molecule has 0 N–H and O–H groups in total. The van der Waals surface area contributed by atoms with Crippen molar-refractivity contribution in [1.82, 2.24) is 4.90 Å². The Bertz CT molecular complexity index is 640. The Kier molecular flexibility index (Phi) is 9.26. The fourth-order valence-electron chi connectivity index (χ4n) is 3.79. The van der Waals surface area contributed by atoms with Crippen molar-refractivity contribution in [2.24, 2.45) is 0 Å². The fraction of sp³-hybridized carbons (Fsp3) is 0.583. The zero-order valence-corrected chi connectivity index (χ0v) is 17.7. The van der Waals surface area contributed by atoms with Crippen LogP contribution in [0.4, 0.5) is 0 Å². The summed E-state index contributed by atoms with van der Waals surface area (Å²) in [6.45, 7) is 4.76. The van der Waals surface area contributed by atoms with Gasteiger partial charge in [0.1, 0.15) is 0 Å². The first-order valence-corrected chi connectivity index (χ1v) is 10.7. The van der Waals surface area contributed by atoms with Gasteiger partial charge in [-0.2, -0.15) is 0 Å². The van der Waals surface area contributed by atoms with Gasteiger partial charge in [-0.25, -0.2) is 0 Å². The fourth-order valence-corrected chi connectivity index (χ4v) is 3.79. The summed E-state index contributed by atoms with van der Waals surface area (Å²) < 4.78 is 4.78. The second-order valence-electron chi connectivity index (χ2n) is 8.01. The molecule has 1 amide bonds. The van der Waals surface area contributed by atoms with Crippen LogP contribution in [-0.2, 0) is 14.3 Å². The van der Waals surface area contributed by atoms with Crippen LogP contribution < -0.4 is 0 Å². The predicted octanol–water partition coefficient (Wildman–Crippen LogP) is 5.33. The molecule has 154 valence electrons. The first kappa shape index (κ1) is 22.2. The van der Waals surface area contributed by atoms with E-state index in [1.807, 2.05) is 23.1 Å². The third-order valence-electron chi connectivity index (χ3n) is 5.60. The highest BCUT2D eigenvalue weighted by molar-refractivity contribution is 5.92. The Labute approximate surface area is 170 Å². The van der Waals surface area contributed by atoms with E-state index in [4.69, 9.17) is 4.74 Å². The van der Waals surface area contributed by atoms with E-state index in [2.05, 4.69) is 26.0 Å². The Morgan fingerprint density at radius 1 is 1.07 bits per heavy atom. The molecule has 0 aliphatic heterocycles. The normalized spacial score (nSPS) is 16.0. The number of benzene rings is 1. The van der Waals surface area contributed by atoms with Crippen molar-refractivity contribution >= 4 is 18.0 Å². The average molecular weight is 386 g/mol. The highest BCUT2D eigenvalue weighted by Crippen LogP contribution is 2.22. The Morgan fingerprint density at radius 2 is 1.68 bits per heavy atom. The maximum atomic E-state index is 13.0. The third kappa shape index (κ3) is 7.14. The summed E-state index contributed by atoms with van der Waals surface area (Å²) in [5.41, 5.74) is 2.31. The lowest BCUT2D eigenvalue weighted by molar-refractivity contribution is -0.141. The van der Waals surface area contributed by atoms with Crippen LogP contribution in [0.1, 0.15) is 82.3 Å². The lowest BCUT2D eigenvalue weighted by atomic mass is 9.95. The van der Waals surface area contributed by atoms with Gasteiger partial charge in [0.25, 0.3) is 0 Å². The van der Waals surface area contributed by atoms with Gasteiger partial charge in [0.15, 0.2) is 0 Å². The molecular weight excluding hydrogens is 350 g/mol. The minimum atomic E-state index is -0.267. The van der Waals surface area contributed by atoms with Crippen molar-refractivity contribution < 1.29 is 14.3 Å². The Balaban J connectivity index is 2.08. The molecule has 1 aliphatic rings. The van der Waals surface area contributed by atoms with Crippen LogP contribution in [0, 0.1) is 0 Å². The minimum Gasteiger partial charge on any atom is -0.469 e. The SMILES string of the molecule is COC(=O)CCN(C(=O)/C=C/c1ccc(C(C)C)cc1)C1CCCCCCC1. The average Bonchev–Trinajstić information content (AvgIpc) is 2.67. The summed E-state index contributed by atoms with van der Waals surface area (Å²) in [7, 11) is 1.39. The number of rotatable bonds is 7. The van der Waals surface area contributed by atoms with Crippen molar-refractivity contribution in [2.45, 2.75) is 77.2 Å². The van der Waals surface area contributed by atoms with Gasteiger partial charge in [-0.15, -0.1) is 0 Å². The quantitative estimate of drug-likeness (QED) is 0.471. The highest BCUT2D eigenvalue weighted by Gasteiger charge is 2.23. The molecule has 1 aliphatic carbocycles. The number of carbonyl (C=O) groups is 2. The molecule has 0 saturated heterocycles. The van der Waals surface area contributed by atoms with Crippen LogP contribution in [0.5, 0.6) is 0 Å². The van der Waals surface area contributed by atoms with Crippen LogP contribution >= 0.6 is 0 Å². The number of hydrogen-bond acceptors (Lipinski definition) is 3. The van der Waals surface area contributed by atoms with E-state index in [0.717, 1.165) is 31.2 Å². The predicted molar refractivity (Wildman–Crippen MR) is 114 cm³/mol. The number of ether oxygens (including phenoxy) is 1. The molecule has 0 heterocycles. The minimum absolute atomic E-state index is 0.0117. The smallest absolute Gasteiger partial charge is 0.307 e. The molecule has 1 aromatic carbocycles. The van der Waals surface area contributed by atoms with E-state index in [9.17, 15) is 9.59 Å². The van der Waals surface area contributed by atoms with Crippen LogP contribution in [-0.4, -0.2) is 36.5 Å². The summed E-state index contributed by atoms with van der Waals surface area (Å²) in [5, 5.41) is 0. The zero-order valence-electron chi connectivity index (χ0n) is 17.7. The van der Waals surface area contributed by atoms with Crippen LogP contribution in [0.25, 0.3) is 6.08 Å². The number of amides is 1. The third-order valence-corrected chi connectivity index (χ3v) is 5.60. The number of esters is 1. The molecule has 0 unspecified atom stereocenters. The molecular formula is C24H35NO3. The first-order valence-electron chi connectivity index (χ1n) is 10.7. The molecule has 2 rings (SSSR count). The van der Waals surface area contributed by atoms with Gasteiger partial charge >= 0.3 is 5.97 Å². The van der Waals surface area contributed by atoms with E-state index in [-0.39, 0.29) is 24.3 Å². The van der Waals surface area contributed by atoms with Crippen molar-refractivity contribution in [2.75, 3.05) is 13.7 Å². The van der Waals surface area contributed by atoms with Gasteiger partial charge in [-0.1, -0.05) is 70.2 Å². The summed E-state index contributed by atoms with van der Waals surface area (Å²) in [4.78, 5) is 26.5. The Hall–Kier alpha value is -2.10. The largest absolute Gasteiger partial charge is 0.469 e. The molecule has 28 heavy (non-hydrogen) atoms. The number of nitrogens with zero attached hydrogens (tertiary/aromatic N) is 1. The first-order chi connectivity index (χ1) is 13.5. The maximum Gasteiger partial charge on any atom is 0.307 e. The summed E-state index contributed by atoms with van der Waals surface area (Å²) in [5.74, 6) is 0.215. The molecule has 4 nitrogen and oxygen atoms in total. The summed E-state index contributed by atoms with van der Waals surface area (Å²) in [6, 6.07) is 8.53. The lowest BCUT2D eigenvalue weighted by Crippen LogP contribution is -2.41. The molecule has 0 atom stereocenters. The molecule has 1 saturated carbocycles. The maximum absolute atomic E-state index is 13.0. The van der Waals surface area contributed by atoms with E-state index in [1.165, 1.54) is 31.9 Å². The van der Waals surface area contributed by atoms with Gasteiger partial charge in [-0.3, -0.25) is 9.59 Å². The van der Waals surface area contributed by atoms with E-state index >= 15 is 0 Å². The molecule has 1 fully saturated rings. The molecule has 4 heteroatoms. The highest BCUT2D eigenvalue weighted by atomic mass is 16.5. The van der Waals surface area contributed by atoms with Gasteiger partial charge in [-0.05, 0) is 36.0 Å². The lowest BCUT2D eigenvalue weighted by Gasteiger charge is -2.32. The second-order valence-corrected chi connectivity index (χ2v) is 8.01. The molecule has 0 spiro atoms. The van der Waals surface area contributed by atoms with Gasteiger partial charge in [0, 0.05) is 18.7 Å². The van der Waals surface area contributed by atoms with Gasteiger partial charge < -0.3 is 9.64 Å². The summed E-state index contributed by atoms with van der Waals surface area (Å²) >= 11 is 0. The molecule has 0 bridgehead atoms. The van der Waals surface area contributed by atoms with Crippen molar-refractivity contribution in [3.63, 3.8) is 0 Å². The molecule has 1 aromatic rings. The zero-order chi connectivity index (χ0) is 20.4. The topological polar surface area (TPSA) is 46.6 Å². The van der Waals surface area contributed by atoms with Crippen molar-refractivity contribution in [3.8, 4) is 0 Å². The van der Waals surface area contributed by atoms with Gasteiger partial charge in [0.05, 0.1) is 13.5 Å². The van der Waals surface area contributed by atoms with E-state index in [0.29, 0.717) is 12.5 Å². The number of methoxy groups -OCH3 is 1. The monoisotopic (exact) mass is 385 g/mol. The van der Waals surface area contributed by atoms with Crippen LogP contribution in [0.15, 0.2) is 30.3 Å². The van der Waals surface area contributed by atoms with E-state index < -0.39 is 0 Å². The summed E-state index contributed by atoms with van der Waals surface area (Å²) in [6.07, 6.45) is 11.8. The molecule has 0 aromatic heterocycles. The molecule has 0 radical (unpaired) electrons. The van der Waals surface area contributed by atoms with Crippen molar-refractivity contribution in [3.05, 3.63) is 41.5 Å². The van der Waals surface area contributed by atoms with Crippen molar-refractivity contribution in [1.29, 1.82) is 0 Å². The number of hydrogen-bond donors (Lipinski definition) is 0. The van der Waals surface area contributed by atoms with E-state index in [1.54, 1.807) is 6.08 Å². The van der Waals surface area contributed by atoms with Crippen LogP contribution in [0.2, 0.25) is 0 Å². The Morgan fingerprint density at radius 3 is 2.25 bits per heavy atom. The van der Waals surface area contributed by atoms with Crippen LogP contribution in [0.3, 0.4) is 0 Å².